The van der Waals surface area contributed by atoms with Crippen molar-refractivity contribution in [3.63, 3.8) is 0 Å². The predicted molar refractivity (Wildman–Crippen MR) is 206 cm³/mol. The summed E-state index contributed by atoms with van der Waals surface area (Å²) in [5.74, 6) is -1.15. The van der Waals surface area contributed by atoms with E-state index in [0.717, 1.165) is 33.4 Å². The van der Waals surface area contributed by atoms with Crippen molar-refractivity contribution in [2.45, 2.75) is 91.7 Å². The second kappa shape index (κ2) is 16.5. The highest BCUT2D eigenvalue weighted by atomic mass is 32.3. The quantitative estimate of drug-likeness (QED) is 0.187. The largest absolute Gasteiger partial charge is 0.449 e. The number of anilines is 1. The predicted octanol–water partition coefficient (Wildman–Crippen LogP) is 9.06. The van der Waals surface area contributed by atoms with E-state index in [2.05, 4.69) is 73.5 Å². The first kappa shape index (κ1) is 38.6. The van der Waals surface area contributed by atoms with E-state index in [1.54, 1.807) is 6.92 Å². The van der Waals surface area contributed by atoms with E-state index in [4.69, 9.17) is 8.92 Å². The maximum Gasteiger partial charge on any atom is 0.407 e. The van der Waals surface area contributed by atoms with Gasteiger partial charge in [0, 0.05) is 20.6 Å². The summed E-state index contributed by atoms with van der Waals surface area (Å²) in [5, 5.41) is 8.35. The molecule has 0 bridgehead atoms. The molecule has 4 rings (SSSR count). The summed E-state index contributed by atoms with van der Waals surface area (Å²) in [7, 11) is -1.26. The summed E-state index contributed by atoms with van der Waals surface area (Å²) in [6, 6.07) is 20.2. The normalized spacial score (nSPS) is 14.1. The van der Waals surface area contributed by atoms with Crippen LogP contribution in [0.3, 0.4) is 0 Å². The van der Waals surface area contributed by atoms with Gasteiger partial charge in [0.25, 0.3) is 0 Å². The third kappa shape index (κ3) is 9.41. The molecule has 0 radical (unpaired) electrons. The molecule has 0 aliphatic heterocycles. The average molecular weight is 684 g/mol. The Hall–Kier alpha value is -3.82. The highest BCUT2D eigenvalue weighted by molar-refractivity contribution is 8.29. The summed E-state index contributed by atoms with van der Waals surface area (Å²) in [6.45, 7) is 18.5. The lowest BCUT2D eigenvalue weighted by Crippen LogP contribution is -2.53. The number of alkyl carbamates (subject to hydrolysis) is 1. The topological polar surface area (TPSA) is 106 Å². The second-order valence-corrected chi connectivity index (χ2v) is 17.6. The molecule has 1 aliphatic rings. The molecule has 3 amide bonds. The van der Waals surface area contributed by atoms with Crippen LogP contribution in [0.5, 0.6) is 0 Å². The molecule has 8 nitrogen and oxygen atoms in total. The molecular formula is C39H61N3O5S. The third-order valence-corrected chi connectivity index (χ3v) is 12.6. The molecule has 0 unspecified atom stereocenters. The Morgan fingerprint density at radius 1 is 0.854 bits per heavy atom. The van der Waals surface area contributed by atoms with Gasteiger partial charge in [-0.2, -0.15) is 0 Å². The lowest BCUT2D eigenvalue weighted by atomic mass is 9.98. The van der Waals surface area contributed by atoms with E-state index >= 15 is 0 Å². The van der Waals surface area contributed by atoms with Crippen molar-refractivity contribution in [3.05, 3.63) is 89.0 Å². The van der Waals surface area contributed by atoms with Crippen LogP contribution in [0.15, 0.2) is 66.7 Å². The average Bonchev–Trinajstić information content (AvgIpc) is 3.36. The molecule has 48 heavy (non-hydrogen) atoms. The Bertz CT molecular complexity index is 1550. The van der Waals surface area contributed by atoms with Gasteiger partial charge in [-0.25, -0.2) is 4.79 Å². The van der Waals surface area contributed by atoms with Crippen LogP contribution in [0.2, 0.25) is 0 Å². The molecule has 0 spiro atoms. The minimum atomic E-state index is -1.26. The van der Waals surface area contributed by atoms with Crippen molar-refractivity contribution >= 4 is 33.9 Å². The molecule has 3 aromatic carbocycles. The summed E-state index contributed by atoms with van der Waals surface area (Å²) >= 11 is 0. The fourth-order valence-electron chi connectivity index (χ4n) is 5.24. The van der Waals surface area contributed by atoms with Crippen LogP contribution in [0.25, 0.3) is 11.1 Å². The van der Waals surface area contributed by atoms with E-state index in [1.165, 1.54) is 0 Å². The SMILES string of the molecule is CC.Cc1cc(NC(=O)[C@H](C)NC(=O)[C@@H](NC(=O)OCC2c3ccccc3-c3ccccc32)C(C)C)ccc1COS(C)(C)C(C)(C)C.[HH].[HH].[HH]. The van der Waals surface area contributed by atoms with Gasteiger partial charge in [0.15, 0.2) is 0 Å². The highest BCUT2D eigenvalue weighted by Gasteiger charge is 2.32. The van der Waals surface area contributed by atoms with E-state index in [1.807, 2.05) is 77.1 Å². The highest BCUT2D eigenvalue weighted by Crippen LogP contribution is 2.54. The van der Waals surface area contributed by atoms with Crippen molar-refractivity contribution in [2.75, 3.05) is 24.4 Å². The van der Waals surface area contributed by atoms with Gasteiger partial charge in [0.2, 0.25) is 11.8 Å². The van der Waals surface area contributed by atoms with Crippen LogP contribution in [0.4, 0.5) is 10.5 Å². The van der Waals surface area contributed by atoms with E-state index in [0.29, 0.717) is 12.3 Å². The Balaban J connectivity index is 0.00000491. The van der Waals surface area contributed by atoms with Crippen LogP contribution >= 0.6 is 10.3 Å². The monoisotopic (exact) mass is 683 g/mol. The van der Waals surface area contributed by atoms with Gasteiger partial charge in [0.05, 0.1) is 6.61 Å². The molecule has 268 valence electrons. The zero-order valence-corrected chi connectivity index (χ0v) is 31.3. The number of nitrogens with one attached hydrogen (secondary N) is 3. The molecule has 1 aliphatic carbocycles. The minimum Gasteiger partial charge on any atom is -0.449 e. The first-order chi connectivity index (χ1) is 22.6. The van der Waals surface area contributed by atoms with Crippen molar-refractivity contribution in [3.8, 4) is 11.1 Å². The van der Waals surface area contributed by atoms with Crippen LogP contribution in [-0.4, -0.2) is 53.9 Å². The van der Waals surface area contributed by atoms with Crippen LogP contribution < -0.4 is 16.0 Å². The molecule has 9 heteroatoms. The van der Waals surface area contributed by atoms with Gasteiger partial charge in [-0.1, -0.05) is 103 Å². The lowest BCUT2D eigenvalue weighted by molar-refractivity contribution is -0.128. The van der Waals surface area contributed by atoms with Gasteiger partial charge in [-0.15, -0.1) is 10.3 Å². The number of rotatable bonds is 11. The number of carbonyl (C=O) groups excluding carboxylic acids is 3. The number of amides is 3. The third-order valence-electron chi connectivity index (χ3n) is 8.91. The van der Waals surface area contributed by atoms with Crippen molar-refractivity contribution in [1.82, 2.24) is 10.6 Å². The lowest BCUT2D eigenvalue weighted by Gasteiger charge is -2.43. The molecule has 0 saturated carbocycles. The van der Waals surface area contributed by atoms with Gasteiger partial charge in [-0.3, -0.25) is 9.59 Å². The number of ether oxygens (including phenoxy) is 1. The second-order valence-electron chi connectivity index (χ2n) is 13.7. The fourth-order valence-corrected chi connectivity index (χ4v) is 6.02. The summed E-state index contributed by atoms with van der Waals surface area (Å²) in [5.41, 5.74) is 7.19. The number of hydrogen-bond acceptors (Lipinski definition) is 5. The zero-order chi connectivity index (χ0) is 35.8. The Morgan fingerprint density at radius 2 is 1.42 bits per heavy atom. The molecule has 3 N–H and O–H groups in total. The fraction of sp³-hybridized carbons (Fsp3) is 0.462. The summed E-state index contributed by atoms with van der Waals surface area (Å²) in [4.78, 5) is 39.2. The molecule has 0 fully saturated rings. The number of benzene rings is 3. The molecule has 0 saturated heterocycles. The maximum absolute atomic E-state index is 13.2. The molecule has 2 atom stereocenters. The van der Waals surface area contributed by atoms with E-state index in [9.17, 15) is 14.4 Å². The van der Waals surface area contributed by atoms with Gasteiger partial charge in [-0.05, 0) is 77.8 Å². The summed E-state index contributed by atoms with van der Waals surface area (Å²) in [6.07, 6.45) is 3.66. The molecule has 0 heterocycles. The van der Waals surface area contributed by atoms with E-state index < -0.39 is 34.4 Å². The van der Waals surface area contributed by atoms with Gasteiger partial charge >= 0.3 is 6.09 Å². The standard InChI is InChI=1S/C37H49N3O5S.C2H6.3H2/c1-23(2)33(40-36(43)44-22-32-30-16-12-10-14-28(30)29-15-11-13-17-31(29)32)35(42)38-25(4)34(41)39-27-19-18-26(24(3)20-27)21-45-46(8,9)37(5,6)7;1-2;;;/h10-20,23,25,32-33H,21-22H2,1-9H3,(H,38,42)(H,39,41)(H,40,43);1-2H3;3*1H/t25-,33-;;;;/m0..../s1. The van der Waals surface area contributed by atoms with Gasteiger partial charge in [0.1, 0.15) is 18.7 Å². The van der Waals surface area contributed by atoms with Crippen molar-refractivity contribution in [2.24, 2.45) is 5.92 Å². The van der Waals surface area contributed by atoms with E-state index in [-0.39, 0.29) is 33.4 Å². The first-order valence-corrected chi connectivity index (χ1v) is 19.2. The maximum atomic E-state index is 13.2. The van der Waals surface area contributed by atoms with Crippen LogP contribution in [0.1, 0.15) is 87.8 Å². The zero-order valence-electron chi connectivity index (χ0n) is 30.5. The number of carbonyl (C=O) groups is 3. The summed E-state index contributed by atoms with van der Waals surface area (Å²) < 4.78 is 12.0. The number of hydrogen-bond donors (Lipinski definition) is 3. The van der Waals surface area contributed by atoms with Crippen LogP contribution in [-0.2, 0) is 25.1 Å². The van der Waals surface area contributed by atoms with Crippen LogP contribution in [0, 0.1) is 12.8 Å². The van der Waals surface area contributed by atoms with Crippen molar-refractivity contribution < 1.29 is 27.6 Å². The minimum absolute atomic E-state index is 0. The molecule has 0 aromatic heterocycles. The van der Waals surface area contributed by atoms with Crippen molar-refractivity contribution in [1.29, 1.82) is 0 Å². The van der Waals surface area contributed by atoms with Gasteiger partial charge < -0.3 is 24.9 Å². The Labute approximate surface area is 293 Å². The Morgan fingerprint density at radius 3 is 1.94 bits per heavy atom. The number of fused-ring (bicyclic) bond motifs is 3. The molecular weight excluding hydrogens is 623 g/mol. The first-order valence-electron chi connectivity index (χ1n) is 16.8. The smallest absolute Gasteiger partial charge is 0.407 e. The number of aryl methyl sites for hydroxylation is 1. The Kier molecular flexibility index (Phi) is 13.3. The molecule has 3 aromatic rings.